The van der Waals surface area contributed by atoms with Crippen LogP contribution in [-0.2, 0) is 5.60 Å². The van der Waals surface area contributed by atoms with Gasteiger partial charge in [-0.25, -0.2) is 0 Å². The van der Waals surface area contributed by atoms with Gasteiger partial charge in [-0.1, -0.05) is 32.4 Å². The molecule has 1 heterocycles. The van der Waals surface area contributed by atoms with Gasteiger partial charge in [0.2, 0.25) is 0 Å². The lowest BCUT2D eigenvalue weighted by molar-refractivity contribution is -0.0392. The quantitative estimate of drug-likeness (QED) is 0.676. The van der Waals surface area contributed by atoms with E-state index >= 15 is 0 Å². The van der Waals surface area contributed by atoms with E-state index in [-0.39, 0.29) is 11.3 Å². The summed E-state index contributed by atoms with van der Waals surface area (Å²) in [6, 6.07) is 5.65. The number of hydrogen-bond donors (Lipinski definition) is 2. The van der Waals surface area contributed by atoms with Crippen LogP contribution in [0.2, 0.25) is 5.02 Å². The van der Waals surface area contributed by atoms with E-state index in [9.17, 15) is 9.90 Å². The summed E-state index contributed by atoms with van der Waals surface area (Å²) in [7, 11) is 0. The molecule has 0 aliphatic heterocycles. The summed E-state index contributed by atoms with van der Waals surface area (Å²) in [6.45, 7) is 6.04. The Morgan fingerprint density at radius 3 is 2.69 bits per heavy atom. The second-order valence-corrected chi connectivity index (χ2v) is 9.97. The molecule has 1 aliphatic carbocycles. The Morgan fingerprint density at radius 1 is 1.42 bits per heavy atom. The van der Waals surface area contributed by atoms with Crippen LogP contribution >= 0.6 is 34.7 Å². The average molecular weight is 411 g/mol. The lowest BCUT2D eigenvalue weighted by Crippen LogP contribution is -2.41. The molecule has 7 heteroatoms. The smallest absolute Gasteiger partial charge is 0.251 e. The van der Waals surface area contributed by atoms with Crippen molar-refractivity contribution in [1.82, 2.24) is 10.3 Å². The molecule has 1 aromatic heterocycles. The number of carbonyl (C=O) groups is 1. The molecule has 2 aromatic rings. The lowest BCUT2D eigenvalue weighted by Gasteiger charge is -2.39. The molecule has 2 N–H and O–H groups in total. The molecular formula is C19H23ClN2O2S2. The first kappa shape index (κ1) is 19.7. The largest absolute Gasteiger partial charge is 0.383 e. The summed E-state index contributed by atoms with van der Waals surface area (Å²) >= 11 is 9.35. The normalized spacial score (nSPS) is 17.0. The summed E-state index contributed by atoms with van der Waals surface area (Å²) in [5, 5.41) is 14.8. The Kier molecular flexibility index (Phi) is 5.68. The van der Waals surface area contributed by atoms with Crippen molar-refractivity contribution < 1.29 is 9.90 Å². The fraction of sp³-hybridized carbons (Fsp3) is 0.474. The van der Waals surface area contributed by atoms with E-state index in [1.165, 1.54) is 23.1 Å². The van der Waals surface area contributed by atoms with Gasteiger partial charge in [0.1, 0.15) is 5.60 Å². The first-order valence-electron chi connectivity index (χ1n) is 8.55. The van der Waals surface area contributed by atoms with Crippen LogP contribution in [0, 0.1) is 5.41 Å². The summed E-state index contributed by atoms with van der Waals surface area (Å²) in [6.07, 6.45) is 3.83. The van der Waals surface area contributed by atoms with Gasteiger partial charge >= 0.3 is 0 Å². The Hall–Kier alpha value is -1.08. The SMILES string of the molecule is CC(C)(C)C(O)(CSc1ccc(C(=O)NC2CC2)cc1Cl)c1cncs1. The molecule has 3 rings (SSSR count). The molecule has 1 unspecified atom stereocenters. The number of hydrogen-bond acceptors (Lipinski definition) is 5. The van der Waals surface area contributed by atoms with Crippen molar-refractivity contribution in [3.63, 3.8) is 0 Å². The Bertz CT molecular complexity index is 785. The number of aliphatic hydroxyl groups is 1. The molecule has 1 fully saturated rings. The number of thioether (sulfide) groups is 1. The fourth-order valence-electron chi connectivity index (χ4n) is 2.51. The molecule has 140 valence electrons. The second-order valence-electron chi connectivity index (χ2n) is 7.66. The van der Waals surface area contributed by atoms with Gasteiger partial charge in [0.05, 0.1) is 15.4 Å². The maximum Gasteiger partial charge on any atom is 0.251 e. The van der Waals surface area contributed by atoms with Gasteiger partial charge in [-0.3, -0.25) is 9.78 Å². The van der Waals surface area contributed by atoms with Crippen molar-refractivity contribution in [2.75, 3.05) is 5.75 Å². The number of nitrogens with zero attached hydrogens (tertiary/aromatic N) is 1. The molecule has 0 spiro atoms. The van der Waals surface area contributed by atoms with E-state index < -0.39 is 5.60 Å². The lowest BCUT2D eigenvalue weighted by atomic mass is 9.77. The monoisotopic (exact) mass is 410 g/mol. The van der Waals surface area contributed by atoms with Crippen LogP contribution in [0.15, 0.2) is 34.8 Å². The van der Waals surface area contributed by atoms with Crippen LogP contribution in [0.4, 0.5) is 0 Å². The average Bonchev–Trinajstić information content (AvgIpc) is 3.21. The summed E-state index contributed by atoms with van der Waals surface area (Å²) < 4.78 is 0. The van der Waals surface area contributed by atoms with E-state index in [2.05, 4.69) is 10.3 Å². The van der Waals surface area contributed by atoms with Gasteiger partial charge in [0, 0.05) is 28.5 Å². The Morgan fingerprint density at radius 2 is 2.15 bits per heavy atom. The number of benzene rings is 1. The van der Waals surface area contributed by atoms with Crippen molar-refractivity contribution >= 4 is 40.6 Å². The van der Waals surface area contributed by atoms with Crippen LogP contribution in [0.25, 0.3) is 0 Å². The molecule has 1 saturated carbocycles. The topological polar surface area (TPSA) is 62.2 Å². The molecule has 1 atom stereocenters. The van der Waals surface area contributed by atoms with Crippen LogP contribution in [-0.4, -0.2) is 27.8 Å². The Balaban J connectivity index is 1.74. The van der Waals surface area contributed by atoms with Crippen molar-refractivity contribution in [3.05, 3.63) is 45.4 Å². The van der Waals surface area contributed by atoms with Gasteiger partial charge in [-0.05, 0) is 36.5 Å². The third kappa shape index (κ3) is 4.25. The highest BCUT2D eigenvalue weighted by atomic mass is 35.5. The zero-order chi connectivity index (χ0) is 18.9. The molecule has 0 radical (unpaired) electrons. The third-order valence-electron chi connectivity index (χ3n) is 4.62. The molecule has 4 nitrogen and oxygen atoms in total. The van der Waals surface area contributed by atoms with Gasteiger partial charge < -0.3 is 10.4 Å². The number of carbonyl (C=O) groups excluding carboxylic acids is 1. The predicted octanol–water partition coefficient (Wildman–Crippen LogP) is 4.71. The van der Waals surface area contributed by atoms with Crippen LogP contribution in [0.1, 0.15) is 48.8 Å². The summed E-state index contributed by atoms with van der Waals surface area (Å²) in [4.78, 5) is 17.9. The van der Waals surface area contributed by atoms with Crippen LogP contribution in [0.5, 0.6) is 0 Å². The minimum Gasteiger partial charge on any atom is -0.383 e. The number of rotatable bonds is 6. The number of nitrogens with one attached hydrogen (secondary N) is 1. The van der Waals surface area contributed by atoms with E-state index in [1.54, 1.807) is 23.8 Å². The first-order chi connectivity index (χ1) is 12.2. The van der Waals surface area contributed by atoms with Gasteiger partial charge in [0.25, 0.3) is 5.91 Å². The number of amides is 1. The zero-order valence-electron chi connectivity index (χ0n) is 15.1. The van der Waals surface area contributed by atoms with Crippen molar-refractivity contribution in [2.24, 2.45) is 5.41 Å². The molecule has 0 bridgehead atoms. The first-order valence-corrected chi connectivity index (χ1v) is 10.8. The minimum atomic E-state index is -1.02. The minimum absolute atomic E-state index is 0.0817. The summed E-state index contributed by atoms with van der Waals surface area (Å²) in [5.74, 6) is 0.369. The number of halogens is 1. The number of thiazole rings is 1. The Labute approximate surface area is 167 Å². The molecule has 0 saturated heterocycles. The molecule has 1 aromatic carbocycles. The highest BCUT2D eigenvalue weighted by Crippen LogP contribution is 2.45. The maximum atomic E-state index is 12.1. The van der Waals surface area contributed by atoms with Gasteiger partial charge in [-0.2, -0.15) is 0 Å². The van der Waals surface area contributed by atoms with E-state index in [0.717, 1.165) is 22.6 Å². The predicted molar refractivity (Wildman–Crippen MR) is 108 cm³/mol. The zero-order valence-corrected chi connectivity index (χ0v) is 17.5. The molecular weight excluding hydrogens is 388 g/mol. The second kappa shape index (κ2) is 7.50. The highest BCUT2D eigenvalue weighted by Gasteiger charge is 2.43. The van der Waals surface area contributed by atoms with E-state index in [4.69, 9.17) is 11.6 Å². The highest BCUT2D eigenvalue weighted by molar-refractivity contribution is 7.99. The maximum absolute atomic E-state index is 12.1. The number of aromatic nitrogens is 1. The van der Waals surface area contributed by atoms with Crippen LogP contribution < -0.4 is 5.32 Å². The van der Waals surface area contributed by atoms with Crippen molar-refractivity contribution in [3.8, 4) is 0 Å². The third-order valence-corrected chi connectivity index (χ3v) is 7.20. The standard InChI is InChI=1S/C19H23ClN2O2S2/c1-18(2,3)19(24,16-9-21-11-26-16)10-25-15-7-4-12(8-14(15)20)17(23)22-13-5-6-13/h4,7-9,11,13,24H,5-6,10H2,1-3H3,(H,22,23). The van der Waals surface area contributed by atoms with Gasteiger partial charge in [0.15, 0.2) is 0 Å². The van der Waals surface area contributed by atoms with Crippen molar-refractivity contribution in [2.45, 2.75) is 50.2 Å². The molecule has 1 amide bonds. The van der Waals surface area contributed by atoms with E-state index in [0.29, 0.717) is 22.4 Å². The van der Waals surface area contributed by atoms with Crippen LogP contribution in [0.3, 0.4) is 0 Å². The van der Waals surface area contributed by atoms with Gasteiger partial charge in [-0.15, -0.1) is 23.1 Å². The molecule has 26 heavy (non-hydrogen) atoms. The van der Waals surface area contributed by atoms with Crippen molar-refractivity contribution in [1.29, 1.82) is 0 Å². The fourth-order valence-corrected chi connectivity index (χ4v) is 5.19. The van der Waals surface area contributed by atoms with E-state index in [1.807, 2.05) is 26.8 Å². The summed E-state index contributed by atoms with van der Waals surface area (Å²) in [5.41, 5.74) is 0.921. The molecule has 1 aliphatic rings.